The highest BCUT2D eigenvalue weighted by atomic mass is 35.5. The molecule has 0 fully saturated rings. The summed E-state index contributed by atoms with van der Waals surface area (Å²) in [4.78, 5) is 2.74. The molecule has 0 radical (unpaired) electrons. The largest absolute Gasteiger partial charge is 0.296 e. The third-order valence-electron chi connectivity index (χ3n) is 5.71. The fourth-order valence-electron chi connectivity index (χ4n) is 4.41. The molecular weight excluding hydrogens is 415 g/mol. The van der Waals surface area contributed by atoms with Crippen molar-refractivity contribution in [2.45, 2.75) is 43.0 Å². The van der Waals surface area contributed by atoms with E-state index in [1.165, 1.54) is 30.0 Å². The van der Waals surface area contributed by atoms with Gasteiger partial charge in [-0.05, 0) is 67.5 Å². The second kappa shape index (κ2) is 9.14. The first-order valence-electron chi connectivity index (χ1n) is 9.65. The number of hydrogen-bond donors (Lipinski definition) is 1. The predicted octanol–water partition coefficient (Wildman–Crippen LogP) is 4.37. The van der Waals surface area contributed by atoms with Gasteiger partial charge in [0, 0.05) is 19.1 Å². The highest BCUT2D eigenvalue weighted by molar-refractivity contribution is 7.89. The zero-order valence-corrected chi connectivity index (χ0v) is 18.1. The summed E-state index contributed by atoms with van der Waals surface area (Å²) in [7, 11) is -3.54. The van der Waals surface area contributed by atoms with Crippen molar-refractivity contribution in [2.24, 2.45) is 0 Å². The van der Waals surface area contributed by atoms with Crippen molar-refractivity contribution in [3.8, 4) is 0 Å². The fourth-order valence-corrected chi connectivity index (χ4v) is 6.00. The number of unbranched alkanes of at least 4 members (excludes halogenated alkanes) is 1. The van der Waals surface area contributed by atoms with E-state index >= 15 is 0 Å². The monoisotopic (exact) mass is 440 g/mol. The van der Waals surface area contributed by atoms with Gasteiger partial charge in [0.2, 0.25) is 10.0 Å². The van der Waals surface area contributed by atoms with Crippen LogP contribution < -0.4 is 4.72 Å². The molecule has 2 aromatic carbocycles. The van der Waals surface area contributed by atoms with Crippen LogP contribution in [0.3, 0.4) is 0 Å². The van der Waals surface area contributed by atoms with Crippen LogP contribution >= 0.6 is 24.0 Å². The van der Waals surface area contributed by atoms with Crippen LogP contribution in [-0.2, 0) is 22.9 Å². The van der Waals surface area contributed by atoms with Crippen molar-refractivity contribution in [1.29, 1.82) is 0 Å². The Morgan fingerprint density at radius 3 is 2.57 bits per heavy atom. The Labute approximate surface area is 178 Å². The Kier molecular flexibility index (Phi) is 7.05. The third kappa shape index (κ3) is 4.39. The quantitative estimate of drug-likeness (QED) is 0.650. The second-order valence-electron chi connectivity index (χ2n) is 7.37. The van der Waals surface area contributed by atoms with Gasteiger partial charge in [0.25, 0.3) is 0 Å². The molecule has 28 heavy (non-hydrogen) atoms. The molecule has 0 bridgehead atoms. The van der Waals surface area contributed by atoms with E-state index in [0.29, 0.717) is 12.6 Å². The molecule has 152 valence electrons. The van der Waals surface area contributed by atoms with Crippen LogP contribution in [0.2, 0.25) is 5.02 Å². The minimum atomic E-state index is -3.54. The van der Waals surface area contributed by atoms with E-state index in [2.05, 4.69) is 27.8 Å². The summed E-state index contributed by atoms with van der Waals surface area (Å²) >= 11 is 6.00. The lowest BCUT2D eigenvalue weighted by atomic mass is 9.93. The number of aryl methyl sites for hydroxylation is 1. The van der Waals surface area contributed by atoms with E-state index in [9.17, 15) is 8.42 Å². The van der Waals surface area contributed by atoms with Gasteiger partial charge < -0.3 is 0 Å². The molecule has 4 nitrogen and oxygen atoms in total. The second-order valence-corrected chi connectivity index (χ2v) is 9.51. The Balaban J connectivity index is 0.00000225. The van der Waals surface area contributed by atoms with Gasteiger partial charge in [0.1, 0.15) is 4.90 Å². The first-order valence-corrected chi connectivity index (χ1v) is 11.5. The standard InChI is InChI=1S/C21H25ClN2O2S.ClH/c22-18-8-1-2-9-20(18)27(25,26)23-13-3-4-14-24-15-12-17-7-5-6-16-10-11-19(24)21(16)17;/h1-2,5-9,19,23H,3-4,10-15H2;1H. The number of sulfonamides is 1. The van der Waals surface area contributed by atoms with Crippen LogP contribution in [-0.4, -0.2) is 33.0 Å². The molecule has 7 heteroatoms. The van der Waals surface area contributed by atoms with Crippen LogP contribution in [0, 0.1) is 0 Å². The molecular formula is C21H26Cl2N2O2S. The topological polar surface area (TPSA) is 49.4 Å². The van der Waals surface area contributed by atoms with Gasteiger partial charge in [-0.2, -0.15) is 0 Å². The lowest BCUT2D eigenvalue weighted by Crippen LogP contribution is -2.35. The maximum atomic E-state index is 12.4. The molecule has 1 unspecified atom stereocenters. The van der Waals surface area contributed by atoms with Crippen molar-refractivity contribution in [2.75, 3.05) is 19.6 Å². The minimum Gasteiger partial charge on any atom is -0.296 e. The maximum absolute atomic E-state index is 12.4. The molecule has 0 spiro atoms. The summed E-state index contributed by atoms with van der Waals surface area (Å²) in [6.45, 7) is 2.56. The highest BCUT2D eigenvalue weighted by Crippen LogP contribution is 2.41. The van der Waals surface area contributed by atoms with Crippen molar-refractivity contribution in [1.82, 2.24) is 9.62 Å². The molecule has 0 saturated carbocycles. The number of nitrogens with zero attached hydrogens (tertiary/aromatic N) is 1. The predicted molar refractivity (Wildman–Crippen MR) is 116 cm³/mol. The summed E-state index contributed by atoms with van der Waals surface area (Å²) in [5, 5.41) is 0.258. The molecule has 1 aliphatic heterocycles. The number of nitrogens with one attached hydrogen (secondary N) is 1. The smallest absolute Gasteiger partial charge is 0.242 e. The van der Waals surface area contributed by atoms with E-state index in [1.54, 1.807) is 23.8 Å². The van der Waals surface area contributed by atoms with Gasteiger partial charge >= 0.3 is 0 Å². The van der Waals surface area contributed by atoms with E-state index in [4.69, 9.17) is 11.6 Å². The minimum absolute atomic E-state index is 0. The van der Waals surface area contributed by atoms with Crippen molar-refractivity contribution < 1.29 is 8.42 Å². The summed E-state index contributed by atoms with van der Waals surface area (Å²) in [6.07, 6.45) is 5.33. The highest BCUT2D eigenvalue weighted by Gasteiger charge is 2.32. The Hall–Kier alpha value is -1.11. The molecule has 2 aliphatic rings. The number of benzene rings is 2. The van der Waals surface area contributed by atoms with Crippen molar-refractivity contribution >= 4 is 34.0 Å². The van der Waals surface area contributed by atoms with Crippen LogP contribution in [0.15, 0.2) is 47.4 Å². The third-order valence-corrected chi connectivity index (χ3v) is 7.67. The molecule has 1 N–H and O–H groups in total. The van der Waals surface area contributed by atoms with Crippen molar-refractivity contribution in [3.63, 3.8) is 0 Å². The lowest BCUT2D eigenvalue weighted by molar-refractivity contribution is 0.182. The van der Waals surface area contributed by atoms with Gasteiger partial charge in [-0.15, -0.1) is 12.4 Å². The van der Waals surface area contributed by atoms with E-state index in [0.717, 1.165) is 32.4 Å². The fraction of sp³-hybridized carbons (Fsp3) is 0.429. The molecule has 0 aromatic heterocycles. The average Bonchev–Trinajstić information content (AvgIpc) is 3.09. The maximum Gasteiger partial charge on any atom is 0.242 e. The van der Waals surface area contributed by atoms with Crippen LogP contribution in [0.25, 0.3) is 0 Å². The van der Waals surface area contributed by atoms with E-state index in [-0.39, 0.29) is 22.3 Å². The molecule has 0 saturated heterocycles. The summed E-state index contributed by atoms with van der Waals surface area (Å²) in [6, 6.07) is 13.8. The number of rotatable bonds is 7. The summed E-state index contributed by atoms with van der Waals surface area (Å²) in [5.74, 6) is 0. The summed E-state index contributed by atoms with van der Waals surface area (Å²) in [5.41, 5.74) is 4.62. The normalized spacial score (nSPS) is 18.5. The van der Waals surface area contributed by atoms with Crippen LogP contribution in [0.1, 0.15) is 42.0 Å². The van der Waals surface area contributed by atoms with Crippen LogP contribution in [0.4, 0.5) is 0 Å². The van der Waals surface area contributed by atoms with Gasteiger partial charge in [0.05, 0.1) is 5.02 Å². The van der Waals surface area contributed by atoms with Gasteiger partial charge in [-0.25, -0.2) is 13.1 Å². The molecule has 1 heterocycles. The Morgan fingerprint density at radius 1 is 1.04 bits per heavy atom. The van der Waals surface area contributed by atoms with Crippen LogP contribution in [0.5, 0.6) is 0 Å². The summed E-state index contributed by atoms with van der Waals surface area (Å²) < 4.78 is 27.4. The molecule has 4 rings (SSSR count). The average molecular weight is 441 g/mol. The Bertz CT molecular complexity index is 934. The SMILES string of the molecule is Cl.O=S(=O)(NCCCCN1CCc2cccc3c2C1CC3)c1ccccc1Cl. The van der Waals surface area contributed by atoms with Gasteiger partial charge in [-0.3, -0.25) is 4.90 Å². The zero-order chi connectivity index (χ0) is 18.9. The van der Waals surface area contributed by atoms with Gasteiger partial charge in [0.15, 0.2) is 0 Å². The molecule has 2 aromatic rings. The number of halogens is 2. The Morgan fingerprint density at radius 2 is 1.79 bits per heavy atom. The van der Waals surface area contributed by atoms with E-state index in [1.807, 2.05) is 0 Å². The molecule has 1 aliphatic carbocycles. The zero-order valence-electron chi connectivity index (χ0n) is 15.7. The first kappa shape index (κ1) is 21.6. The molecule has 0 amide bonds. The number of hydrogen-bond acceptors (Lipinski definition) is 3. The van der Waals surface area contributed by atoms with Gasteiger partial charge in [-0.1, -0.05) is 41.9 Å². The first-order chi connectivity index (χ1) is 13.1. The van der Waals surface area contributed by atoms with Crippen molar-refractivity contribution in [3.05, 3.63) is 64.2 Å². The lowest BCUT2D eigenvalue weighted by Gasteiger charge is -2.35. The van der Waals surface area contributed by atoms with E-state index < -0.39 is 10.0 Å². The molecule has 1 atom stereocenters.